The summed E-state index contributed by atoms with van der Waals surface area (Å²) in [6.07, 6.45) is -0.239. The Hall–Kier alpha value is -5.87. The second-order valence-electron chi connectivity index (χ2n) is 15.1. The summed E-state index contributed by atoms with van der Waals surface area (Å²) < 4.78 is 10.9. The molecule has 1 aliphatic rings. The number of urea groups is 1. The predicted octanol–water partition coefficient (Wildman–Crippen LogP) is 3.25. The summed E-state index contributed by atoms with van der Waals surface area (Å²) in [7, 11) is 0. The Kier molecular flexibility index (Phi) is 17.6. The zero-order chi connectivity index (χ0) is 42.1. The summed E-state index contributed by atoms with van der Waals surface area (Å²) in [5.74, 6) is -3.72. The van der Waals surface area contributed by atoms with Gasteiger partial charge in [0.2, 0.25) is 17.7 Å². The first-order chi connectivity index (χ1) is 27.0. The zero-order valence-corrected chi connectivity index (χ0v) is 33.3. The maximum Gasteiger partial charge on any atom is 0.407 e. The molecule has 0 spiro atoms. The number of amides is 7. The van der Waals surface area contributed by atoms with Crippen LogP contribution in [0.1, 0.15) is 90.2 Å². The number of benzene rings is 2. The van der Waals surface area contributed by atoms with Crippen LogP contribution >= 0.6 is 0 Å². The fourth-order valence-electron chi connectivity index (χ4n) is 6.27. The number of hydrogen-bond donors (Lipinski definition) is 8. The minimum absolute atomic E-state index is 0.0115. The molecule has 3 atom stereocenters. The molecule has 17 heteroatoms. The lowest BCUT2D eigenvalue weighted by Gasteiger charge is -2.24. The molecule has 0 aliphatic heterocycles. The first kappa shape index (κ1) is 45.5. The maximum atomic E-state index is 13.4. The molecule has 9 N–H and O–H groups in total. The first-order valence-electron chi connectivity index (χ1n) is 19.2. The largest absolute Gasteiger partial charge is 0.480 e. The summed E-state index contributed by atoms with van der Waals surface area (Å²) >= 11 is 0. The molecular formula is C40H57N7O10. The Morgan fingerprint density at radius 1 is 0.719 bits per heavy atom. The minimum Gasteiger partial charge on any atom is -0.480 e. The lowest BCUT2D eigenvalue weighted by molar-refractivity contribution is -0.142. The van der Waals surface area contributed by atoms with E-state index in [1.165, 1.54) is 0 Å². The number of unbranched alkanes of at least 4 members (excludes halogenated alkanes) is 1. The van der Waals surface area contributed by atoms with Crippen molar-refractivity contribution in [2.45, 2.75) is 103 Å². The lowest BCUT2D eigenvalue weighted by Crippen LogP contribution is -2.54. The van der Waals surface area contributed by atoms with Gasteiger partial charge in [-0.1, -0.05) is 62.4 Å². The van der Waals surface area contributed by atoms with Crippen LogP contribution in [-0.2, 0) is 28.7 Å². The van der Waals surface area contributed by atoms with Crippen LogP contribution in [-0.4, -0.2) is 97.0 Å². The molecule has 0 fully saturated rings. The molecule has 0 radical (unpaired) electrons. The third kappa shape index (κ3) is 15.3. The van der Waals surface area contributed by atoms with Gasteiger partial charge in [-0.2, -0.15) is 0 Å². The SMILES string of the molecule is CC(C)C(NC(=O)CCNC(=O)C(CCCCNC(=O)OC(C)(C)C)NC(=O)OCC1c2ccccc2-c2ccccc21)C(=O)NC(CCCNC(N)=O)C(=O)O. The Morgan fingerprint density at radius 2 is 1.32 bits per heavy atom. The molecular weight excluding hydrogens is 738 g/mol. The molecule has 312 valence electrons. The van der Waals surface area contributed by atoms with Crippen LogP contribution in [0.3, 0.4) is 0 Å². The van der Waals surface area contributed by atoms with Gasteiger partial charge in [-0.25, -0.2) is 19.2 Å². The number of alkyl carbamates (subject to hydrolysis) is 2. The van der Waals surface area contributed by atoms with E-state index in [1.54, 1.807) is 34.6 Å². The number of aliphatic carboxylic acids is 1. The molecule has 57 heavy (non-hydrogen) atoms. The van der Waals surface area contributed by atoms with Crippen molar-refractivity contribution < 1.29 is 48.1 Å². The van der Waals surface area contributed by atoms with Crippen molar-refractivity contribution in [1.82, 2.24) is 31.9 Å². The van der Waals surface area contributed by atoms with Crippen LogP contribution in [0.2, 0.25) is 0 Å². The molecule has 2 aromatic carbocycles. The number of nitrogens with two attached hydrogens (primary N) is 1. The van der Waals surface area contributed by atoms with Crippen LogP contribution < -0.4 is 37.6 Å². The fourth-order valence-corrected chi connectivity index (χ4v) is 6.27. The summed E-state index contributed by atoms with van der Waals surface area (Å²) in [6, 6.07) is 11.7. The summed E-state index contributed by atoms with van der Waals surface area (Å²) in [5.41, 5.74) is 8.57. The third-order valence-corrected chi connectivity index (χ3v) is 9.04. The summed E-state index contributed by atoms with van der Waals surface area (Å²) in [6.45, 7) is 8.93. The highest BCUT2D eigenvalue weighted by Crippen LogP contribution is 2.44. The number of primary amides is 1. The van der Waals surface area contributed by atoms with E-state index in [0.29, 0.717) is 12.8 Å². The van der Waals surface area contributed by atoms with Crippen molar-refractivity contribution >= 4 is 41.9 Å². The van der Waals surface area contributed by atoms with Gasteiger partial charge in [-0.3, -0.25) is 14.4 Å². The van der Waals surface area contributed by atoms with Crippen LogP contribution in [0.4, 0.5) is 14.4 Å². The molecule has 0 aromatic heterocycles. The van der Waals surface area contributed by atoms with Gasteiger partial charge in [-0.15, -0.1) is 0 Å². The Morgan fingerprint density at radius 3 is 1.89 bits per heavy atom. The molecule has 1 aliphatic carbocycles. The standard InChI is InChI=1S/C40H57N7O10/c1-24(2)33(35(50)45-31(36(51)52)18-12-21-43-37(41)53)47-32(48)19-22-42-34(49)30(17-10-11-20-44-38(54)57-40(3,4)5)46-39(55)56-23-29-27-15-8-6-13-25(27)26-14-7-9-16-28(26)29/h6-9,13-16,24,29-31,33H,10-12,17-23H2,1-5H3,(H,42,49)(H,44,54)(H,45,50)(H,46,55)(H,47,48)(H,51,52)(H3,41,43,53). The number of nitrogens with one attached hydrogen (secondary N) is 6. The number of carbonyl (C=O) groups excluding carboxylic acids is 6. The van der Waals surface area contributed by atoms with E-state index in [4.69, 9.17) is 15.2 Å². The number of hydrogen-bond acceptors (Lipinski definition) is 9. The molecule has 3 rings (SSSR count). The van der Waals surface area contributed by atoms with Gasteiger partial charge in [0.15, 0.2) is 0 Å². The maximum absolute atomic E-state index is 13.4. The van der Waals surface area contributed by atoms with E-state index in [-0.39, 0.29) is 57.8 Å². The van der Waals surface area contributed by atoms with Crippen molar-refractivity contribution in [2.24, 2.45) is 11.7 Å². The molecule has 2 aromatic rings. The molecule has 0 saturated carbocycles. The minimum atomic E-state index is -1.28. The quantitative estimate of drug-likeness (QED) is 0.0856. The van der Waals surface area contributed by atoms with E-state index in [9.17, 15) is 38.7 Å². The van der Waals surface area contributed by atoms with Crippen molar-refractivity contribution in [2.75, 3.05) is 26.2 Å². The van der Waals surface area contributed by atoms with Gasteiger partial charge in [0.25, 0.3) is 0 Å². The van der Waals surface area contributed by atoms with Gasteiger partial charge in [0.05, 0.1) is 0 Å². The molecule has 17 nitrogen and oxygen atoms in total. The van der Waals surface area contributed by atoms with E-state index in [0.717, 1.165) is 22.3 Å². The average Bonchev–Trinajstić information content (AvgIpc) is 3.45. The van der Waals surface area contributed by atoms with Gasteiger partial charge in [-0.05, 0) is 81.0 Å². The second kappa shape index (κ2) is 22.0. The van der Waals surface area contributed by atoms with Gasteiger partial charge in [0.1, 0.15) is 30.3 Å². The molecule has 0 saturated heterocycles. The van der Waals surface area contributed by atoms with Crippen LogP contribution in [0.25, 0.3) is 11.1 Å². The van der Waals surface area contributed by atoms with Crippen molar-refractivity contribution in [3.05, 3.63) is 59.7 Å². The van der Waals surface area contributed by atoms with Crippen molar-refractivity contribution in [3.8, 4) is 11.1 Å². The Balaban J connectivity index is 1.57. The first-order valence-corrected chi connectivity index (χ1v) is 19.2. The lowest BCUT2D eigenvalue weighted by atomic mass is 9.98. The molecule has 0 bridgehead atoms. The molecule has 3 unspecified atom stereocenters. The summed E-state index contributed by atoms with van der Waals surface area (Å²) in [5, 5.41) is 25.0. The van der Waals surface area contributed by atoms with E-state index in [1.807, 2.05) is 48.5 Å². The number of carbonyl (C=O) groups is 7. The average molecular weight is 796 g/mol. The van der Waals surface area contributed by atoms with Crippen LogP contribution in [0.5, 0.6) is 0 Å². The smallest absolute Gasteiger partial charge is 0.407 e. The monoisotopic (exact) mass is 795 g/mol. The third-order valence-electron chi connectivity index (χ3n) is 9.04. The Bertz CT molecular complexity index is 1680. The van der Waals surface area contributed by atoms with E-state index in [2.05, 4.69) is 31.9 Å². The van der Waals surface area contributed by atoms with Crippen LogP contribution in [0.15, 0.2) is 48.5 Å². The molecule has 0 heterocycles. The number of rotatable bonds is 21. The van der Waals surface area contributed by atoms with Gasteiger partial charge >= 0.3 is 24.2 Å². The van der Waals surface area contributed by atoms with Crippen molar-refractivity contribution in [1.29, 1.82) is 0 Å². The number of carboxylic acid groups (broad SMARTS) is 1. The zero-order valence-electron chi connectivity index (χ0n) is 33.3. The predicted molar refractivity (Wildman–Crippen MR) is 211 cm³/mol. The highest BCUT2D eigenvalue weighted by atomic mass is 16.6. The highest BCUT2D eigenvalue weighted by Gasteiger charge is 2.31. The fraction of sp³-hybridized carbons (Fsp3) is 0.525. The number of carboxylic acids is 1. The summed E-state index contributed by atoms with van der Waals surface area (Å²) in [4.78, 5) is 87.1. The topological polar surface area (TPSA) is 256 Å². The Labute approximate surface area is 332 Å². The van der Waals surface area contributed by atoms with Gasteiger partial charge in [0, 0.05) is 32.0 Å². The van der Waals surface area contributed by atoms with E-state index < -0.39 is 71.6 Å². The number of fused-ring (bicyclic) bond motifs is 3. The second-order valence-corrected chi connectivity index (χ2v) is 15.1. The highest BCUT2D eigenvalue weighted by molar-refractivity contribution is 5.91. The van der Waals surface area contributed by atoms with Crippen LogP contribution in [0, 0.1) is 5.92 Å². The van der Waals surface area contributed by atoms with Gasteiger partial charge < -0.3 is 52.2 Å². The van der Waals surface area contributed by atoms with Crippen molar-refractivity contribution in [3.63, 3.8) is 0 Å². The van der Waals surface area contributed by atoms with E-state index >= 15 is 0 Å². The normalized spacial score (nSPS) is 13.5. The molecule has 7 amide bonds. The number of ether oxygens (including phenoxy) is 2.